The first-order chi connectivity index (χ1) is 54.7. The Morgan fingerprint density at radius 1 is 0.455 bits per heavy atom. The Kier molecular flexibility index (Phi) is 20.5. The first-order valence-electron chi connectivity index (χ1n) is 39.3. The fraction of sp³-hybridized carbons (Fsp3) is 0.286. The highest BCUT2D eigenvalue weighted by Crippen LogP contribution is 2.47. The lowest BCUT2D eigenvalue weighted by molar-refractivity contribution is -0.123. The highest BCUT2D eigenvalue weighted by atomic mass is 16.1. The van der Waals surface area contributed by atoms with Crippen LogP contribution in [0.2, 0.25) is 0 Å². The van der Waals surface area contributed by atoms with Gasteiger partial charge in [0.2, 0.25) is 5.91 Å². The first kappa shape index (κ1) is 72.7. The minimum absolute atomic E-state index is 0.0365. The Balaban J connectivity index is 0.000000122. The average molecular weight is 1480 g/mol. The Labute approximate surface area is 650 Å². The number of rotatable bonds is 20. The van der Waals surface area contributed by atoms with E-state index >= 15 is 0 Å². The minimum atomic E-state index is -0.155. The number of Topliss-reactive ketones (excluding diaryl/α,β-unsaturated/α-hetero) is 1. The summed E-state index contributed by atoms with van der Waals surface area (Å²) in [6, 6.07) is 62.2. The molecular formula is C91H93N19O2. The molecule has 21 nitrogen and oxygen atoms in total. The number of hydrogen-bond donors (Lipinski definition) is 5. The van der Waals surface area contributed by atoms with Crippen LogP contribution in [0.1, 0.15) is 106 Å². The number of likely N-dealkylation sites (tertiary alicyclic amines) is 1. The highest BCUT2D eigenvalue weighted by Gasteiger charge is 2.38. The molecule has 564 valence electrons. The van der Waals surface area contributed by atoms with Crippen LogP contribution in [0.4, 0.5) is 17.5 Å². The topological polar surface area (TPSA) is 286 Å². The number of pyridine rings is 3. The zero-order valence-corrected chi connectivity index (χ0v) is 63.5. The second-order valence-electron chi connectivity index (χ2n) is 31.3. The lowest BCUT2D eigenvalue weighted by Gasteiger charge is -2.40. The number of carbonyl (C=O) groups is 2. The number of nitrogen functional groups attached to an aromatic ring is 3. The van der Waals surface area contributed by atoms with Gasteiger partial charge in [-0.15, -0.1) is 0 Å². The van der Waals surface area contributed by atoms with Crippen LogP contribution in [-0.2, 0) is 9.59 Å². The van der Waals surface area contributed by atoms with E-state index in [0.717, 1.165) is 237 Å². The summed E-state index contributed by atoms with van der Waals surface area (Å²) in [4.78, 5) is 70.9. The zero-order valence-electron chi connectivity index (χ0n) is 63.5. The Morgan fingerprint density at radius 2 is 0.821 bits per heavy atom. The number of benzene rings is 6. The molecule has 0 atom stereocenters. The summed E-state index contributed by atoms with van der Waals surface area (Å²) in [5, 5.41) is 6.78. The van der Waals surface area contributed by atoms with Gasteiger partial charge in [0.15, 0.2) is 0 Å². The van der Waals surface area contributed by atoms with Gasteiger partial charge in [-0.1, -0.05) is 146 Å². The van der Waals surface area contributed by atoms with Gasteiger partial charge in [-0.2, -0.15) is 0 Å². The predicted octanol–water partition coefficient (Wildman–Crippen LogP) is 15.8. The van der Waals surface area contributed by atoms with Crippen LogP contribution >= 0.6 is 0 Å². The molecule has 21 heteroatoms. The van der Waals surface area contributed by atoms with Gasteiger partial charge in [-0.3, -0.25) is 18.0 Å². The second-order valence-corrected chi connectivity index (χ2v) is 31.3. The number of nitrogens with two attached hydrogens (primary N) is 4. The van der Waals surface area contributed by atoms with E-state index < -0.39 is 0 Å². The zero-order chi connectivity index (χ0) is 76.5. The van der Waals surface area contributed by atoms with Crippen LogP contribution in [0.25, 0.3) is 117 Å². The van der Waals surface area contributed by atoms with Gasteiger partial charge in [-0.05, 0) is 159 Å². The Hall–Kier alpha value is -12.2. The number of aromatic nitrogens is 12. The monoisotopic (exact) mass is 1480 g/mol. The van der Waals surface area contributed by atoms with E-state index in [2.05, 4.69) is 185 Å². The molecule has 19 rings (SSSR count). The van der Waals surface area contributed by atoms with Crippen molar-refractivity contribution < 1.29 is 9.59 Å². The Morgan fingerprint density at radius 3 is 1.19 bits per heavy atom. The van der Waals surface area contributed by atoms with E-state index in [1.165, 1.54) is 0 Å². The molecule has 0 bridgehead atoms. The van der Waals surface area contributed by atoms with Crippen LogP contribution in [0, 0.1) is 23.7 Å². The first-order valence-corrected chi connectivity index (χ1v) is 39.3. The van der Waals surface area contributed by atoms with Crippen molar-refractivity contribution in [1.82, 2.24) is 73.2 Å². The molecule has 3 saturated carbocycles. The molecule has 0 spiro atoms. The molecule has 1 saturated heterocycles. The lowest BCUT2D eigenvalue weighted by Crippen LogP contribution is -2.42. The van der Waals surface area contributed by atoms with E-state index in [0.29, 0.717) is 53.5 Å². The van der Waals surface area contributed by atoms with Gasteiger partial charge in [-0.25, -0.2) is 44.9 Å². The van der Waals surface area contributed by atoms with Crippen molar-refractivity contribution in [3.8, 4) is 67.5 Å². The van der Waals surface area contributed by atoms with E-state index in [4.69, 9.17) is 52.8 Å². The van der Waals surface area contributed by atoms with Gasteiger partial charge in [0.1, 0.15) is 74.3 Å². The van der Waals surface area contributed by atoms with Gasteiger partial charge >= 0.3 is 0 Å². The molecular weight excluding hydrogens is 1390 g/mol. The van der Waals surface area contributed by atoms with Gasteiger partial charge in [0, 0.05) is 130 Å². The highest BCUT2D eigenvalue weighted by molar-refractivity contribution is 5.95. The van der Waals surface area contributed by atoms with Crippen molar-refractivity contribution in [3.05, 3.63) is 237 Å². The maximum Gasteiger partial charge on any atom is 0.220 e. The lowest BCUT2D eigenvalue weighted by atomic mass is 9.74. The van der Waals surface area contributed by atoms with E-state index in [1.54, 1.807) is 25.5 Å². The van der Waals surface area contributed by atoms with Crippen molar-refractivity contribution in [1.29, 1.82) is 0 Å². The molecule has 112 heavy (non-hydrogen) atoms. The quantitative estimate of drug-likeness (QED) is 0.0443. The number of anilines is 3. The molecule has 0 unspecified atom stereocenters. The average Bonchev–Trinajstić information content (AvgIpc) is 1.61. The molecule has 15 aromatic rings. The molecule has 6 aromatic carbocycles. The summed E-state index contributed by atoms with van der Waals surface area (Å²) in [6.45, 7) is 7.62. The SMILES string of the molecule is CC(=O)CCCNCC1CC(c2nc(-c3ccc4ccc(-c5ccccc5)nc4c3)c3c(N)nccn23)C1.CN(C)CC1CC(c2nc(-c3ccc4ccc(-c5ccccc5)nc4c3)c3c(N)nccn23)C1.NC(=O)C1CCN(CC2CC(c3nc(-c4ccc5ccc(-c6ccccc6)nc5c4)c4c(N)nccn34)C2)CC1. The third-order valence-corrected chi connectivity index (χ3v) is 23.2. The third kappa shape index (κ3) is 15.2. The van der Waals surface area contributed by atoms with Crippen molar-refractivity contribution in [3.63, 3.8) is 0 Å². The largest absolute Gasteiger partial charge is 0.382 e. The fourth-order valence-electron chi connectivity index (χ4n) is 17.2. The number of piperidine rings is 1. The van der Waals surface area contributed by atoms with Crippen LogP contribution < -0.4 is 28.3 Å². The number of amides is 1. The number of nitrogens with zero attached hydrogens (tertiary/aromatic N) is 14. The van der Waals surface area contributed by atoms with E-state index in [9.17, 15) is 9.59 Å². The second kappa shape index (κ2) is 31.7. The number of ketones is 1. The molecule has 0 radical (unpaired) electrons. The van der Waals surface area contributed by atoms with Crippen molar-refractivity contribution >= 4 is 78.4 Å². The molecule has 9 N–H and O–H groups in total. The standard InChI is InChI=1S/C32H33N7O.C31H32N6O.C28H28N6/c33-30-29-28(24-7-6-22-8-9-26(36-27(22)18-24)21-4-2-1-3-5-21)37-32(39(29)15-12-35-30)25-16-20(17-25)19-38-13-10-23(11-14-38)31(34)40;1-20(38)6-5-13-33-19-21-16-25(17-21)31-36-28(29-30(32)34-14-15-37(29)31)24-10-9-23-11-12-26(35-27(23)18-24)22-7-3-2-4-8-22;1-33(2)17-18-14-22(15-18)28-32-25(26-27(29)30-12-13-34(26)28)21-9-8-20-10-11-23(31-24(20)16-21)19-6-4-3-5-7-19/h1-9,12,15,18,20,23,25H,10-11,13-14,16-17,19H2,(H2,33,35)(H2,34,40);2-4,7-12,14-15,18,21,25,33H,5-6,13,16-17,19H2,1H3,(H2,32,34);3-13,16,18,22H,14-15,17H2,1-2H3,(H2,29,30). The molecule has 10 heterocycles. The van der Waals surface area contributed by atoms with Crippen LogP contribution in [0.3, 0.4) is 0 Å². The van der Waals surface area contributed by atoms with Crippen molar-refractivity contribution in [2.45, 2.75) is 88.9 Å². The van der Waals surface area contributed by atoms with Crippen LogP contribution in [0.15, 0.2) is 219 Å². The Bertz CT molecular complexity index is 5940. The minimum Gasteiger partial charge on any atom is -0.382 e. The summed E-state index contributed by atoms with van der Waals surface area (Å²) in [5.41, 5.74) is 41.8. The fourth-order valence-corrected chi connectivity index (χ4v) is 17.2. The third-order valence-electron chi connectivity index (χ3n) is 23.2. The molecule has 1 amide bonds. The van der Waals surface area contributed by atoms with Crippen molar-refractivity contribution in [2.75, 3.05) is 70.6 Å². The molecule has 4 fully saturated rings. The summed E-state index contributed by atoms with van der Waals surface area (Å²) < 4.78 is 6.40. The summed E-state index contributed by atoms with van der Waals surface area (Å²) >= 11 is 0. The number of carbonyl (C=O) groups excluding carboxylic acids is 2. The summed E-state index contributed by atoms with van der Waals surface area (Å²) in [5.74, 6) is 7.95. The maximum atomic E-state index is 11.5. The van der Waals surface area contributed by atoms with E-state index in [-0.39, 0.29) is 17.6 Å². The number of fused-ring (bicyclic) bond motifs is 6. The summed E-state index contributed by atoms with van der Waals surface area (Å²) in [6.07, 6.45) is 21.2. The van der Waals surface area contributed by atoms with Gasteiger partial charge in [0.25, 0.3) is 0 Å². The van der Waals surface area contributed by atoms with Crippen molar-refractivity contribution in [2.24, 2.45) is 29.4 Å². The molecule has 9 aromatic heterocycles. The number of hydrogen-bond acceptors (Lipinski definition) is 17. The predicted molar refractivity (Wildman–Crippen MR) is 447 cm³/mol. The summed E-state index contributed by atoms with van der Waals surface area (Å²) in [7, 11) is 4.28. The smallest absolute Gasteiger partial charge is 0.220 e. The number of imidazole rings is 3. The van der Waals surface area contributed by atoms with Crippen LogP contribution in [-0.4, -0.2) is 133 Å². The normalized spacial score (nSPS) is 18.4. The van der Waals surface area contributed by atoms with Gasteiger partial charge in [0.05, 0.1) is 33.6 Å². The molecule has 3 aliphatic carbocycles. The number of nitrogens with one attached hydrogen (secondary N) is 1. The maximum absolute atomic E-state index is 11.5. The molecule has 1 aliphatic heterocycles. The number of primary amides is 1. The van der Waals surface area contributed by atoms with E-state index in [1.807, 2.05) is 73.2 Å². The molecule has 4 aliphatic rings. The van der Waals surface area contributed by atoms with Crippen LogP contribution in [0.5, 0.6) is 0 Å². The van der Waals surface area contributed by atoms with Gasteiger partial charge < -0.3 is 42.8 Å².